The lowest BCUT2D eigenvalue weighted by molar-refractivity contribution is -0.142. The molecule has 3 aliphatic heterocycles. The standard InChI is InChI=1S/C12H16N2O3/c13-5-1-2-6-14-11(15)9-7-3-4-8(17-7)10(9)12(14)16/h3-4,7-10H,1-2,5-6,13H2. The van der Waals surface area contributed by atoms with Crippen LogP contribution in [-0.4, -0.2) is 42.0 Å². The smallest absolute Gasteiger partial charge is 0.236 e. The Kier molecular flexibility index (Phi) is 2.52. The third-order valence-electron chi connectivity index (χ3n) is 3.84. The fraction of sp³-hybridized carbons (Fsp3) is 0.667. The number of nitrogens with zero attached hydrogens (tertiary/aromatic N) is 1. The number of ether oxygens (including phenoxy) is 1. The maximum atomic E-state index is 12.1. The molecule has 5 heteroatoms. The van der Waals surface area contributed by atoms with E-state index in [1.165, 1.54) is 4.90 Å². The highest BCUT2D eigenvalue weighted by atomic mass is 16.5. The number of hydrogen-bond donors (Lipinski definition) is 1. The van der Waals surface area contributed by atoms with E-state index in [2.05, 4.69) is 0 Å². The predicted molar refractivity (Wildman–Crippen MR) is 59.8 cm³/mol. The zero-order chi connectivity index (χ0) is 12.0. The van der Waals surface area contributed by atoms with Crippen molar-refractivity contribution in [3.8, 4) is 0 Å². The molecule has 4 atom stereocenters. The summed E-state index contributed by atoms with van der Waals surface area (Å²) in [7, 11) is 0. The van der Waals surface area contributed by atoms with E-state index in [0.717, 1.165) is 12.8 Å². The van der Waals surface area contributed by atoms with Crippen LogP contribution in [0.3, 0.4) is 0 Å². The van der Waals surface area contributed by atoms with Crippen molar-refractivity contribution in [3.05, 3.63) is 12.2 Å². The zero-order valence-corrected chi connectivity index (χ0v) is 9.54. The Hall–Kier alpha value is -1.20. The predicted octanol–water partition coefficient (Wildman–Crippen LogP) is -0.336. The summed E-state index contributed by atoms with van der Waals surface area (Å²) in [5.41, 5.74) is 5.41. The number of imide groups is 1. The molecule has 2 N–H and O–H groups in total. The Morgan fingerprint density at radius 2 is 1.71 bits per heavy atom. The maximum Gasteiger partial charge on any atom is 0.236 e. The lowest BCUT2D eigenvalue weighted by Gasteiger charge is -2.17. The van der Waals surface area contributed by atoms with Gasteiger partial charge in [-0.05, 0) is 19.4 Å². The van der Waals surface area contributed by atoms with Crippen LogP contribution in [0.15, 0.2) is 12.2 Å². The van der Waals surface area contributed by atoms with E-state index in [0.29, 0.717) is 13.1 Å². The fourth-order valence-corrected chi connectivity index (χ4v) is 3.00. The largest absolute Gasteiger partial charge is 0.365 e. The van der Waals surface area contributed by atoms with Gasteiger partial charge in [0, 0.05) is 6.54 Å². The lowest BCUT2D eigenvalue weighted by Crippen LogP contribution is -2.35. The number of nitrogens with two attached hydrogens (primary N) is 1. The van der Waals surface area contributed by atoms with Crippen molar-refractivity contribution < 1.29 is 14.3 Å². The number of hydrogen-bond acceptors (Lipinski definition) is 4. The first-order valence-corrected chi connectivity index (χ1v) is 6.13. The summed E-state index contributed by atoms with van der Waals surface area (Å²) in [5.74, 6) is -0.659. The molecule has 2 fully saturated rings. The summed E-state index contributed by atoms with van der Waals surface area (Å²) in [6.45, 7) is 1.10. The first kappa shape index (κ1) is 10.9. The van der Waals surface area contributed by atoms with Crippen LogP contribution in [0.1, 0.15) is 12.8 Å². The molecule has 92 valence electrons. The van der Waals surface area contributed by atoms with Crippen molar-refractivity contribution in [1.82, 2.24) is 4.90 Å². The molecule has 0 aromatic heterocycles. The Bertz CT molecular complexity index is 363. The highest BCUT2D eigenvalue weighted by Crippen LogP contribution is 2.44. The minimum atomic E-state index is -0.268. The molecule has 0 aromatic rings. The van der Waals surface area contributed by atoms with Crippen LogP contribution < -0.4 is 5.73 Å². The van der Waals surface area contributed by atoms with Gasteiger partial charge in [-0.15, -0.1) is 0 Å². The number of carbonyl (C=O) groups is 2. The fourth-order valence-electron chi connectivity index (χ4n) is 3.00. The lowest BCUT2D eigenvalue weighted by atomic mass is 9.85. The van der Waals surface area contributed by atoms with Gasteiger partial charge in [-0.3, -0.25) is 14.5 Å². The highest BCUT2D eigenvalue weighted by molar-refractivity contribution is 6.06. The summed E-state index contributed by atoms with van der Waals surface area (Å²) >= 11 is 0. The average Bonchev–Trinajstić information content (AvgIpc) is 2.97. The summed E-state index contributed by atoms with van der Waals surface area (Å²) in [5, 5.41) is 0. The van der Waals surface area contributed by atoms with E-state index < -0.39 is 0 Å². The van der Waals surface area contributed by atoms with E-state index in [1.54, 1.807) is 0 Å². The van der Waals surface area contributed by atoms with E-state index in [1.807, 2.05) is 12.2 Å². The Morgan fingerprint density at radius 1 is 1.12 bits per heavy atom. The molecule has 4 unspecified atom stereocenters. The Morgan fingerprint density at radius 3 is 2.24 bits per heavy atom. The number of fused-ring (bicyclic) bond motifs is 5. The molecule has 3 aliphatic rings. The number of likely N-dealkylation sites (tertiary alicyclic amines) is 1. The molecule has 0 saturated carbocycles. The van der Waals surface area contributed by atoms with Gasteiger partial charge in [-0.1, -0.05) is 12.2 Å². The molecule has 3 rings (SSSR count). The Labute approximate surface area is 99.6 Å². The highest BCUT2D eigenvalue weighted by Gasteiger charge is 2.60. The van der Waals surface area contributed by atoms with E-state index in [9.17, 15) is 9.59 Å². The number of carbonyl (C=O) groups excluding carboxylic acids is 2. The van der Waals surface area contributed by atoms with Gasteiger partial charge >= 0.3 is 0 Å². The first-order valence-electron chi connectivity index (χ1n) is 6.13. The summed E-state index contributed by atoms with van der Waals surface area (Å²) in [6, 6.07) is 0. The summed E-state index contributed by atoms with van der Waals surface area (Å²) in [6.07, 6.45) is 5.08. The van der Waals surface area contributed by atoms with Crippen molar-refractivity contribution >= 4 is 11.8 Å². The van der Waals surface area contributed by atoms with Crippen molar-refractivity contribution in [2.45, 2.75) is 25.0 Å². The quantitative estimate of drug-likeness (QED) is 0.412. The molecular weight excluding hydrogens is 220 g/mol. The van der Waals surface area contributed by atoms with Crippen molar-refractivity contribution in [2.24, 2.45) is 17.6 Å². The number of amides is 2. The second-order valence-corrected chi connectivity index (χ2v) is 4.83. The molecule has 5 nitrogen and oxygen atoms in total. The minimum Gasteiger partial charge on any atom is -0.365 e. The van der Waals surface area contributed by atoms with Gasteiger partial charge in [0.2, 0.25) is 11.8 Å². The minimum absolute atomic E-state index is 0.0612. The van der Waals surface area contributed by atoms with Crippen molar-refractivity contribution in [3.63, 3.8) is 0 Å². The molecule has 2 saturated heterocycles. The van der Waals surface area contributed by atoms with Crippen molar-refractivity contribution in [2.75, 3.05) is 13.1 Å². The molecule has 2 bridgehead atoms. The van der Waals surface area contributed by atoms with Gasteiger partial charge in [0.15, 0.2) is 0 Å². The van der Waals surface area contributed by atoms with Crippen LogP contribution in [-0.2, 0) is 14.3 Å². The number of rotatable bonds is 4. The van der Waals surface area contributed by atoms with Crippen LogP contribution in [0, 0.1) is 11.8 Å². The first-order chi connectivity index (χ1) is 8.24. The zero-order valence-electron chi connectivity index (χ0n) is 9.54. The van der Waals surface area contributed by atoms with Gasteiger partial charge < -0.3 is 10.5 Å². The molecule has 17 heavy (non-hydrogen) atoms. The van der Waals surface area contributed by atoms with E-state index in [-0.39, 0.29) is 35.9 Å². The van der Waals surface area contributed by atoms with E-state index in [4.69, 9.17) is 10.5 Å². The monoisotopic (exact) mass is 236 g/mol. The molecule has 0 aliphatic carbocycles. The normalized spacial score (nSPS) is 38.3. The third kappa shape index (κ3) is 1.46. The average molecular weight is 236 g/mol. The maximum absolute atomic E-state index is 12.1. The van der Waals surface area contributed by atoms with Crippen LogP contribution in [0.5, 0.6) is 0 Å². The molecular formula is C12H16N2O3. The third-order valence-corrected chi connectivity index (χ3v) is 3.84. The molecule has 0 spiro atoms. The van der Waals surface area contributed by atoms with Gasteiger partial charge in [0.25, 0.3) is 0 Å². The van der Waals surface area contributed by atoms with Crippen LogP contribution in [0.25, 0.3) is 0 Å². The van der Waals surface area contributed by atoms with Gasteiger partial charge in [0.1, 0.15) is 0 Å². The van der Waals surface area contributed by atoms with Crippen LogP contribution in [0.4, 0.5) is 0 Å². The molecule has 2 amide bonds. The van der Waals surface area contributed by atoms with E-state index >= 15 is 0 Å². The topological polar surface area (TPSA) is 72.6 Å². The number of unbranched alkanes of at least 4 members (excludes halogenated alkanes) is 1. The van der Waals surface area contributed by atoms with Gasteiger partial charge in [-0.25, -0.2) is 0 Å². The Balaban J connectivity index is 1.74. The van der Waals surface area contributed by atoms with Crippen molar-refractivity contribution in [1.29, 1.82) is 0 Å². The van der Waals surface area contributed by atoms with Gasteiger partial charge in [-0.2, -0.15) is 0 Å². The van der Waals surface area contributed by atoms with Gasteiger partial charge in [0.05, 0.1) is 24.0 Å². The molecule has 0 aromatic carbocycles. The second-order valence-electron chi connectivity index (χ2n) is 4.83. The summed E-state index contributed by atoms with van der Waals surface area (Å²) < 4.78 is 5.55. The molecule has 0 radical (unpaired) electrons. The SMILES string of the molecule is NCCCCN1C(=O)C2C3C=CC(O3)C2C1=O. The van der Waals surface area contributed by atoms with Crippen LogP contribution in [0.2, 0.25) is 0 Å². The molecule has 3 heterocycles. The second kappa shape index (κ2) is 3.92. The van der Waals surface area contributed by atoms with Crippen LogP contribution >= 0.6 is 0 Å². The summed E-state index contributed by atoms with van der Waals surface area (Å²) in [4.78, 5) is 25.7.